The second-order valence-corrected chi connectivity index (χ2v) is 5.24. The third-order valence-corrected chi connectivity index (χ3v) is 3.42. The minimum Gasteiger partial charge on any atom is -0.358 e. The van der Waals surface area contributed by atoms with Crippen LogP contribution in [0.25, 0.3) is 0 Å². The molecule has 0 saturated carbocycles. The highest BCUT2D eigenvalue weighted by atomic mass is 35.5. The van der Waals surface area contributed by atoms with Crippen molar-refractivity contribution in [3.8, 4) is 0 Å². The molecule has 7 heteroatoms. The van der Waals surface area contributed by atoms with Gasteiger partial charge in [0.2, 0.25) is 0 Å². The lowest BCUT2D eigenvalue weighted by Crippen LogP contribution is -2.32. The molecular weight excluding hydrogens is 268 g/mol. The Balaban J connectivity index is 1.92. The van der Waals surface area contributed by atoms with E-state index in [2.05, 4.69) is 29.0 Å². The topological polar surface area (TPSA) is 64.2 Å². The number of imidazole rings is 1. The molecule has 1 unspecified atom stereocenters. The molecule has 2 heterocycles. The maximum atomic E-state index is 10.6. The maximum Gasteiger partial charge on any atom is 0.383 e. The largest absolute Gasteiger partial charge is 0.383 e. The van der Waals surface area contributed by atoms with Crippen molar-refractivity contribution in [1.82, 2.24) is 14.5 Å². The van der Waals surface area contributed by atoms with Crippen molar-refractivity contribution in [2.45, 2.75) is 19.9 Å². The van der Waals surface area contributed by atoms with Crippen LogP contribution in [0.3, 0.4) is 0 Å². The summed E-state index contributed by atoms with van der Waals surface area (Å²) in [6.07, 6.45) is 6.85. The molecule has 2 rings (SSSR count). The van der Waals surface area contributed by atoms with Gasteiger partial charge in [-0.15, -0.1) is 0 Å². The first-order chi connectivity index (χ1) is 9.06. The number of hydrogen-bond acceptors (Lipinski definition) is 4. The van der Waals surface area contributed by atoms with E-state index in [1.54, 1.807) is 4.57 Å². The second-order valence-electron chi connectivity index (χ2n) is 4.90. The van der Waals surface area contributed by atoms with Gasteiger partial charge in [-0.3, -0.25) is 9.47 Å². The van der Waals surface area contributed by atoms with Gasteiger partial charge in [0.1, 0.15) is 6.20 Å². The van der Waals surface area contributed by atoms with Gasteiger partial charge in [-0.1, -0.05) is 19.1 Å². The van der Waals surface area contributed by atoms with Gasteiger partial charge in [-0.2, -0.15) is 0 Å². The molecule has 0 bridgehead atoms. The summed E-state index contributed by atoms with van der Waals surface area (Å²) in [4.78, 5) is 16.2. The molecule has 1 aliphatic heterocycles. The zero-order valence-electron chi connectivity index (χ0n) is 10.8. The number of halogens is 1. The Kier molecular flexibility index (Phi) is 4.55. The molecule has 0 amide bonds. The van der Waals surface area contributed by atoms with E-state index in [1.165, 1.54) is 6.20 Å². The number of nitro groups is 1. The van der Waals surface area contributed by atoms with Gasteiger partial charge in [-0.25, -0.2) is 0 Å². The van der Waals surface area contributed by atoms with Crippen molar-refractivity contribution in [1.29, 1.82) is 0 Å². The molecule has 6 nitrogen and oxygen atoms in total. The van der Waals surface area contributed by atoms with Crippen LogP contribution in [-0.2, 0) is 6.54 Å². The predicted octanol–water partition coefficient (Wildman–Crippen LogP) is 2.34. The SMILES string of the molecule is CC(CN1CC=CCC1)Cn1cc([N+](=O)[O-])nc1Cl. The van der Waals surface area contributed by atoms with E-state index in [0.29, 0.717) is 12.5 Å². The lowest BCUT2D eigenvalue weighted by atomic mass is 10.1. The molecule has 0 aromatic carbocycles. The van der Waals surface area contributed by atoms with Crippen molar-refractivity contribution in [2.24, 2.45) is 5.92 Å². The monoisotopic (exact) mass is 284 g/mol. The third kappa shape index (κ3) is 3.78. The normalized spacial score (nSPS) is 17.6. The molecule has 1 aromatic heterocycles. The summed E-state index contributed by atoms with van der Waals surface area (Å²) in [5.41, 5.74) is 0. The zero-order chi connectivity index (χ0) is 13.8. The van der Waals surface area contributed by atoms with Gasteiger partial charge in [0.15, 0.2) is 0 Å². The van der Waals surface area contributed by atoms with Crippen molar-refractivity contribution >= 4 is 17.4 Å². The Morgan fingerprint density at radius 2 is 2.32 bits per heavy atom. The van der Waals surface area contributed by atoms with Crippen molar-refractivity contribution in [3.05, 3.63) is 33.7 Å². The summed E-state index contributed by atoms with van der Waals surface area (Å²) in [5, 5.41) is 10.8. The average molecular weight is 285 g/mol. The van der Waals surface area contributed by atoms with Crippen LogP contribution in [0, 0.1) is 16.0 Å². The smallest absolute Gasteiger partial charge is 0.358 e. The molecule has 104 valence electrons. The standard InChI is InChI=1S/C12H17ClN4O2/c1-10(7-15-5-3-2-4-6-15)8-16-9-11(17(18)19)14-12(16)13/h2-3,9-10H,4-8H2,1H3. The van der Waals surface area contributed by atoms with Crippen molar-refractivity contribution < 1.29 is 4.92 Å². The second kappa shape index (κ2) is 6.16. The van der Waals surface area contributed by atoms with Crippen LogP contribution in [0.4, 0.5) is 5.82 Å². The minimum absolute atomic E-state index is 0.178. The van der Waals surface area contributed by atoms with Crippen molar-refractivity contribution in [3.63, 3.8) is 0 Å². The number of nitrogens with zero attached hydrogens (tertiary/aromatic N) is 4. The fraction of sp³-hybridized carbons (Fsp3) is 0.583. The molecule has 19 heavy (non-hydrogen) atoms. The summed E-state index contributed by atoms with van der Waals surface area (Å²) < 4.78 is 1.64. The van der Waals surface area contributed by atoms with Crippen LogP contribution in [-0.4, -0.2) is 39.0 Å². The lowest BCUT2D eigenvalue weighted by molar-refractivity contribution is -0.389. The fourth-order valence-corrected chi connectivity index (χ4v) is 2.49. The number of rotatable bonds is 5. The van der Waals surface area contributed by atoms with E-state index >= 15 is 0 Å². The highest BCUT2D eigenvalue weighted by Gasteiger charge is 2.19. The Hall–Kier alpha value is -1.40. The quantitative estimate of drug-likeness (QED) is 0.473. The number of hydrogen-bond donors (Lipinski definition) is 0. The van der Waals surface area contributed by atoms with Gasteiger partial charge < -0.3 is 10.1 Å². The van der Waals surface area contributed by atoms with Crippen LogP contribution in [0.5, 0.6) is 0 Å². The summed E-state index contributed by atoms with van der Waals surface area (Å²) >= 11 is 5.90. The fourth-order valence-electron chi connectivity index (χ4n) is 2.29. The molecule has 0 aliphatic carbocycles. The van der Waals surface area contributed by atoms with E-state index in [-0.39, 0.29) is 11.1 Å². The summed E-state index contributed by atoms with van der Waals surface area (Å²) in [6.45, 7) is 5.74. The van der Waals surface area contributed by atoms with Gasteiger partial charge in [0.05, 0.1) is 0 Å². The highest BCUT2D eigenvalue weighted by Crippen LogP contribution is 2.17. The van der Waals surface area contributed by atoms with Gasteiger partial charge in [0, 0.05) is 26.2 Å². The predicted molar refractivity (Wildman–Crippen MR) is 73.3 cm³/mol. The van der Waals surface area contributed by atoms with E-state index in [4.69, 9.17) is 11.6 Å². The maximum absolute atomic E-state index is 10.6. The van der Waals surface area contributed by atoms with Crippen LogP contribution in [0.2, 0.25) is 5.28 Å². The van der Waals surface area contributed by atoms with Crippen LogP contribution in [0.15, 0.2) is 18.3 Å². The molecular formula is C12H17ClN4O2. The molecule has 1 atom stereocenters. The summed E-state index contributed by atoms with van der Waals surface area (Å²) in [7, 11) is 0. The van der Waals surface area contributed by atoms with Gasteiger partial charge in [-0.05, 0) is 33.8 Å². The zero-order valence-corrected chi connectivity index (χ0v) is 11.6. The first kappa shape index (κ1) is 14.0. The van der Waals surface area contributed by atoms with Gasteiger partial charge in [0.25, 0.3) is 0 Å². The highest BCUT2D eigenvalue weighted by molar-refractivity contribution is 6.28. The van der Waals surface area contributed by atoms with Crippen molar-refractivity contribution in [2.75, 3.05) is 19.6 Å². The summed E-state index contributed by atoms with van der Waals surface area (Å²) in [5.74, 6) is 0.163. The average Bonchev–Trinajstić information content (AvgIpc) is 2.72. The first-order valence-corrected chi connectivity index (χ1v) is 6.68. The van der Waals surface area contributed by atoms with Gasteiger partial charge >= 0.3 is 11.1 Å². The Morgan fingerprint density at radius 1 is 1.53 bits per heavy atom. The van der Waals surface area contributed by atoms with E-state index in [9.17, 15) is 10.1 Å². The summed E-state index contributed by atoms with van der Waals surface area (Å²) in [6, 6.07) is 0. The van der Waals surface area contributed by atoms with E-state index in [1.807, 2.05) is 0 Å². The molecule has 0 radical (unpaired) electrons. The van der Waals surface area contributed by atoms with E-state index < -0.39 is 4.92 Å². The molecule has 1 aliphatic rings. The molecule has 0 fully saturated rings. The van der Waals surface area contributed by atoms with Crippen LogP contribution < -0.4 is 0 Å². The molecule has 0 saturated heterocycles. The molecule has 0 N–H and O–H groups in total. The number of aromatic nitrogens is 2. The van der Waals surface area contributed by atoms with Crippen LogP contribution in [0.1, 0.15) is 13.3 Å². The Labute approximate surface area is 116 Å². The molecule has 1 aromatic rings. The molecule has 0 spiro atoms. The van der Waals surface area contributed by atoms with Crippen LogP contribution >= 0.6 is 11.6 Å². The van der Waals surface area contributed by atoms with E-state index in [0.717, 1.165) is 26.1 Å². The first-order valence-electron chi connectivity index (χ1n) is 6.30. The Morgan fingerprint density at radius 3 is 2.89 bits per heavy atom. The third-order valence-electron chi connectivity index (χ3n) is 3.12. The minimum atomic E-state index is -0.525. The Bertz CT molecular complexity index is 486. The lowest BCUT2D eigenvalue weighted by Gasteiger charge is -2.26.